The van der Waals surface area contributed by atoms with Crippen molar-refractivity contribution in [3.8, 4) is 0 Å². The minimum atomic E-state index is -4.69. The zero-order valence-corrected chi connectivity index (χ0v) is 18.3. The number of hydrogen-bond donors (Lipinski definition) is 0. The molecule has 1 aliphatic carbocycles. The van der Waals surface area contributed by atoms with Gasteiger partial charge in [0.1, 0.15) is 0 Å². The predicted molar refractivity (Wildman–Crippen MR) is 108 cm³/mol. The molecule has 0 bridgehead atoms. The Morgan fingerprint density at radius 2 is 1.08 bits per heavy atom. The Labute approximate surface area is 151 Å². The summed E-state index contributed by atoms with van der Waals surface area (Å²) in [5.41, 5.74) is 1.35. The molecule has 0 unspecified atom stereocenters. The molecule has 0 N–H and O–H groups in total. The van der Waals surface area contributed by atoms with Crippen LogP contribution in [0.2, 0.25) is 0 Å². The van der Waals surface area contributed by atoms with Crippen LogP contribution < -0.4 is 9.81 Å². The first kappa shape index (κ1) is 16.6. The van der Waals surface area contributed by atoms with Crippen LogP contribution in [0, 0.1) is 0 Å². The third-order valence-electron chi connectivity index (χ3n) is 4.80. The second kappa shape index (κ2) is 6.13. The first-order valence-electron chi connectivity index (χ1n) is 8.26. The molecule has 0 atom stereocenters. The molecule has 0 aromatic heterocycles. The Balaban J connectivity index is 2.06. The number of halogens is 2. The van der Waals surface area contributed by atoms with Crippen molar-refractivity contribution < 1.29 is 0 Å². The molecule has 122 valence electrons. The fourth-order valence-corrected chi connectivity index (χ4v) is 22.9. The molecule has 0 radical (unpaired) electrons. The molecule has 0 saturated heterocycles. The molecular formula is C21H19BiCl2. The molecule has 4 rings (SSSR count). The summed E-state index contributed by atoms with van der Waals surface area (Å²) < 4.78 is 3.36. The molecule has 0 aliphatic heterocycles. The number of hydrogen-bond acceptors (Lipinski definition) is 0. The van der Waals surface area contributed by atoms with Crippen LogP contribution >= 0.6 is 17.0 Å². The van der Waals surface area contributed by atoms with Gasteiger partial charge >= 0.3 is 152 Å². The molecule has 3 aromatic carbocycles. The van der Waals surface area contributed by atoms with Gasteiger partial charge in [0.15, 0.2) is 0 Å². The zero-order chi connectivity index (χ0) is 16.6. The van der Waals surface area contributed by atoms with Crippen molar-refractivity contribution in [2.75, 3.05) is 0 Å². The summed E-state index contributed by atoms with van der Waals surface area (Å²) in [6.07, 6.45) is 2.47. The van der Waals surface area contributed by atoms with E-state index in [0.29, 0.717) is 5.92 Å². The van der Waals surface area contributed by atoms with Crippen LogP contribution in [0.3, 0.4) is 0 Å². The Morgan fingerprint density at radius 1 is 0.625 bits per heavy atom. The molecule has 1 saturated carbocycles. The summed E-state index contributed by atoms with van der Waals surface area (Å²) in [4.78, 5) is 0. The van der Waals surface area contributed by atoms with Crippen LogP contribution in [0.15, 0.2) is 84.9 Å². The van der Waals surface area contributed by atoms with Crippen LogP contribution in [-0.4, -0.2) is 16.4 Å². The number of rotatable bonds is 4. The van der Waals surface area contributed by atoms with Gasteiger partial charge in [-0.1, -0.05) is 0 Å². The van der Waals surface area contributed by atoms with Crippen molar-refractivity contribution in [3.05, 3.63) is 90.5 Å². The maximum atomic E-state index is 7.63. The summed E-state index contributed by atoms with van der Waals surface area (Å²) in [6, 6.07) is 29.2. The van der Waals surface area contributed by atoms with E-state index in [-0.39, 0.29) is 0 Å². The van der Waals surface area contributed by atoms with Crippen LogP contribution in [0.4, 0.5) is 0 Å². The van der Waals surface area contributed by atoms with Crippen molar-refractivity contribution in [2.45, 2.75) is 18.8 Å². The van der Waals surface area contributed by atoms with E-state index < -0.39 is 16.4 Å². The summed E-state index contributed by atoms with van der Waals surface area (Å²) in [5, 5.41) is 0. The van der Waals surface area contributed by atoms with E-state index in [1.807, 2.05) is 36.4 Å². The third-order valence-corrected chi connectivity index (χ3v) is 29.1. The molecule has 1 aliphatic rings. The Hall–Kier alpha value is -0.877. The van der Waals surface area contributed by atoms with Gasteiger partial charge < -0.3 is 0 Å². The first-order valence-corrected chi connectivity index (χ1v) is 22.0. The molecule has 1 fully saturated rings. The molecule has 0 spiro atoms. The second-order valence-electron chi connectivity index (χ2n) is 6.41. The van der Waals surface area contributed by atoms with E-state index in [4.69, 9.17) is 17.0 Å². The molecule has 0 heterocycles. The predicted octanol–water partition coefficient (Wildman–Crippen LogP) is 4.46. The van der Waals surface area contributed by atoms with Gasteiger partial charge in [0.05, 0.1) is 0 Å². The summed E-state index contributed by atoms with van der Waals surface area (Å²) in [5.74, 6) is 0.611. The topological polar surface area (TPSA) is 0 Å². The van der Waals surface area contributed by atoms with Crippen LogP contribution in [0.1, 0.15) is 24.3 Å². The van der Waals surface area contributed by atoms with E-state index in [0.717, 1.165) is 6.54 Å². The van der Waals surface area contributed by atoms with Gasteiger partial charge in [-0.25, -0.2) is 0 Å². The van der Waals surface area contributed by atoms with Gasteiger partial charge in [-0.2, -0.15) is 0 Å². The fraction of sp³-hybridized carbons (Fsp3) is 0.143. The average Bonchev–Trinajstić information content (AvgIpc) is 3.49. The van der Waals surface area contributed by atoms with Crippen LogP contribution in [0.5, 0.6) is 0 Å². The average molecular weight is 551 g/mol. The maximum absolute atomic E-state index is 7.63. The minimum absolute atomic E-state index is 0.611. The Bertz CT molecular complexity index is 812. The number of benzene rings is 3. The van der Waals surface area contributed by atoms with Crippen molar-refractivity contribution in [3.63, 3.8) is 0 Å². The molecule has 3 aromatic rings. The van der Waals surface area contributed by atoms with Gasteiger partial charge in [-0.05, 0) is 0 Å². The van der Waals surface area contributed by atoms with Crippen LogP contribution in [-0.2, 0) is 0 Å². The van der Waals surface area contributed by atoms with Crippen molar-refractivity contribution in [1.29, 1.82) is 0 Å². The normalized spacial score (nSPS) is 16.3. The van der Waals surface area contributed by atoms with Gasteiger partial charge in [-0.3, -0.25) is 0 Å². The van der Waals surface area contributed by atoms with E-state index >= 15 is 0 Å². The van der Waals surface area contributed by atoms with E-state index in [9.17, 15) is 0 Å². The van der Waals surface area contributed by atoms with Crippen molar-refractivity contribution in [1.82, 2.24) is 0 Å². The van der Waals surface area contributed by atoms with E-state index in [2.05, 4.69) is 48.5 Å². The van der Waals surface area contributed by atoms with Gasteiger partial charge in [0.25, 0.3) is 0 Å². The summed E-state index contributed by atoms with van der Waals surface area (Å²) in [7, 11) is 15.3. The van der Waals surface area contributed by atoms with Gasteiger partial charge in [0.2, 0.25) is 0 Å². The molecule has 0 nitrogen and oxygen atoms in total. The van der Waals surface area contributed by atoms with Crippen LogP contribution in [0.25, 0.3) is 0 Å². The van der Waals surface area contributed by atoms with Gasteiger partial charge in [0, 0.05) is 0 Å². The Morgan fingerprint density at radius 3 is 1.58 bits per heavy atom. The third kappa shape index (κ3) is 2.62. The van der Waals surface area contributed by atoms with Crippen molar-refractivity contribution in [2.24, 2.45) is 0 Å². The summed E-state index contributed by atoms with van der Waals surface area (Å²) in [6.45, 7) is 0. The molecular weight excluding hydrogens is 532 g/mol. The molecule has 3 heteroatoms. The monoisotopic (exact) mass is 550 g/mol. The van der Waals surface area contributed by atoms with Crippen molar-refractivity contribution >= 4 is 43.2 Å². The van der Waals surface area contributed by atoms with E-state index in [1.165, 1.54) is 21.7 Å². The molecule has 24 heavy (non-hydrogen) atoms. The summed E-state index contributed by atoms with van der Waals surface area (Å²) >= 11 is -4.69. The van der Waals surface area contributed by atoms with Gasteiger partial charge in [-0.15, -0.1) is 0 Å². The first-order chi connectivity index (χ1) is 11.6. The SMILES string of the molecule is [Cl][Bi]([Cl])([c]1ccccc1)([c]1ccccc1)[c]1ccccc1C1CC1. The second-order valence-corrected chi connectivity index (χ2v) is 32.7. The standard InChI is InChI=1S/C9H9.2C6H5.Bi.2ClH/c1-2-4-8(5-3-1)9-6-7-9;2*1-2-4-6-5-3-1;;;/h1-4,9H,6-7H2;2*1-5H;;2*1H/q;;;+2;;/p-2. The zero-order valence-electron chi connectivity index (χ0n) is 13.3. The Kier molecular flexibility index (Phi) is 4.24. The quantitative estimate of drug-likeness (QED) is 0.421. The van der Waals surface area contributed by atoms with E-state index in [1.54, 1.807) is 0 Å². The fourth-order valence-electron chi connectivity index (χ4n) is 3.39. The molecule has 0 amide bonds.